The second-order valence-corrected chi connectivity index (χ2v) is 8.69. The standard InChI is InChI=1S/C20H26N2O4S/c1-14-9-11-17(12-10-14)26-13-15(2)21-20(23)18-7-6-8-19(16(18)3)22(4)27(5,24)25/h6-12,15H,13H2,1-5H3,(H,21,23)/t15-/m0/s1. The minimum absolute atomic E-state index is 0.213. The van der Waals surface area contributed by atoms with Crippen molar-refractivity contribution in [2.24, 2.45) is 0 Å². The molecule has 0 bridgehead atoms. The molecule has 27 heavy (non-hydrogen) atoms. The molecule has 0 saturated heterocycles. The third-order valence-corrected chi connectivity index (χ3v) is 5.48. The summed E-state index contributed by atoms with van der Waals surface area (Å²) in [4.78, 5) is 12.6. The van der Waals surface area contributed by atoms with E-state index in [4.69, 9.17) is 4.74 Å². The average Bonchev–Trinajstić information content (AvgIpc) is 2.60. The normalized spacial score (nSPS) is 12.3. The number of ether oxygens (including phenoxy) is 1. The summed E-state index contributed by atoms with van der Waals surface area (Å²) >= 11 is 0. The van der Waals surface area contributed by atoms with Crippen LogP contribution in [0.5, 0.6) is 5.75 Å². The molecule has 0 aromatic heterocycles. The van der Waals surface area contributed by atoms with Crippen LogP contribution >= 0.6 is 0 Å². The minimum Gasteiger partial charge on any atom is -0.491 e. The maximum Gasteiger partial charge on any atom is 0.251 e. The summed E-state index contributed by atoms with van der Waals surface area (Å²) in [6.45, 7) is 5.92. The molecule has 0 unspecified atom stereocenters. The van der Waals surface area contributed by atoms with E-state index < -0.39 is 10.0 Å². The van der Waals surface area contributed by atoms with E-state index in [1.54, 1.807) is 25.1 Å². The predicted molar refractivity (Wildman–Crippen MR) is 108 cm³/mol. The molecule has 1 atom stereocenters. The van der Waals surface area contributed by atoms with Gasteiger partial charge in [0.2, 0.25) is 10.0 Å². The summed E-state index contributed by atoms with van der Waals surface area (Å²) < 4.78 is 30.4. The third-order valence-electron chi connectivity index (χ3n) is 4.29. The van der Waals surface area contributed by atoms with Gasteiger partial charge in [-0.1, -0.05) is 23.8 Å². The molecule has 0 spiro atoms. The molecule has 0 saturated carbocycles. The van der Waals surface area contributed by atoms with Gasteiger partial charge in [0, 0.05) is 12.6 Å². The van der Waals surface area contributed by atoms with Gasteiger partial charge in [0.15, 0.2) is 0 Å². The zero-order chi connectivity index (χ0) is 20.2. The van der Waals surface area contributed by atoms with Crippen molar-refractivity contribution in [3.63, 3.8) is 0 Å². The first-order chi connectivity index (χ1) is 12.6. The molecule has 146 valence electrons. The molecule has 0 fully saturated rings. The molecule has 6 nitrogen and oxygen atoms in total. The number of carbonyl (C=O) groups is 1. The van der Waals surface area contributed by atoms with E-state index in [1.807, 2.05) is 38.1 Å². The van der Waals surface area contributed by atoms with Gasteiger partial charge in [0.25, 0.3) is 5.91 Å². The topological polar surface area (TPSA) is 75.7 Å². The van der Waals surface area contributed by atoms with Crippen LogP contribution in [-0.2, 0) is 10.0 Å². The van der Waals surface area contributed by atoms with Crippen molar-refractivity contribution in [1.29, 1.82) is 0 Å². The molecular weight excluding hydrogens is 364 g/mol. The number of nitrogens with zero attached hydrogens (tertiary/aromatic N) is 1. The maximum absolute atomic E-state index is 12.6. The summed E-state index contributed by atoms with van der Waals surface area (Å²) in [6.07, 6.45) is 1.13. The number of rotatable bonds is 7. The number of hydrogen-bond donors (Lipinski definition) is 1. The van der Waals surface area contributed by atoms with Gasteiger partial charge in [-0.05, 0) is 50.6 Å². The van der Waals surface area contributed by atoms with E-state index in [-0.39, 0.29) is 11.9 Å². The van der Waals surface area contributed by atoms with Crippen LogP contribution in [0.1, 0.15) is 28.4 Å². The first-order valence-corrected chi connectivity index (χ1v) is 10.5. The van der Waals surface area contributed by atoms with Gasteiger partial charge < -0.3 is 10.1 Å². The van der Waals surface area contributed by atoms with Gasteiger partial charge in [-0.3, -0.25) is 9.10 Å². The second-order valence-electron chi connectivity index (χ2n) is 6.68. The van der Waals surface area contributed by atoms with E-state index in [1.165, 1.54) is 11.4 Å². The molecule has 2 aromatic carbocycles. The van der Waals surface area contributed by atoms with E-state index in [2.05, 4.69) is 5.32 Å². The van der Waals surface area contributed by atoms with Crippen LogP contribution in [0.3, 0.4) is 0 Å². The lowest BCUT2D eigenvalue weighted by Crippen LogP contribution is -2.37. The molecule has 0 heterocycles. The van der Waals surface area contributed by atoms with Crippen LogP contribution in [0.2, 0.25) is 0 Å². The van der Waals surface area contributed by atoms with Crippen molar-refractivity contribution < 1.29 is 17.9 Å². The third kappa shape index (κ3) is 5.47. The summed E-state index contributed by atoms with van der Waals surface area (Å²) in [6, 6.07) is 12.5. The number of sulfonamides is 1. The summed E-state index contributed by atoms with van der Waals surface area (Å²) in [5.41, 5.74) is 2.67. The Balaban J connectivity index is 2.05. The maximum atomic E-state index is 12.6. The van der Waals surface area contributed by atoms with Crippen LogP contribution < -0.4 is 14.4 Å². The molecule has 1 amide bonds. The number of nitrogens with one attached hydrogen (secondary N) is 1. The summed E-state index contributed by atoms with van der Waals surface area (Å²) in [5, 5.41) is 2.89. The Hall–Kier alpha value is -2.54. The van der Waals surface area contributed by atoms with Gasteiger partial charge in [0.1, 0.15) is 12.4 Å². The highest BCUT2D eigenvalue weighted by atomic mass is 32.2. The molecule has 1 N–H and O–H groups in total. The fraction of sp³-hybridized carbons (Fsp3) is 0.350. The first kappa shape index (κ1) is 20.8. The van der Waals surface area contributed by atoms with Crippen LogP contribution in [0, 0.1) is 13.8 Å². The zero-order valence-corrected chi connectivity index (χ0v) is 17.1. The van der Waals surface area contributed by atoms with Crippen molar-refractivity contribution in [3.8, 4) is 5.75 Å². The Morgan fingerprint density at radius 1 is 1.15 bits per heavy atom. The van der Waals surface area contributed by atoms with Crippen molar-refractivity contribution in [2.45, 2.75) is 26.8 Å². The highest BCUT2D eigenvalue weighted by Crippen LogP contribution is 2.24. The Morgan fingerprint density at radius 2 is 1.78 bits per heavy atom. The molecule has 0 radical (unpaired) electrons. The number of hydrogen-bond acceptors (Lipinski definition) is 4. The van der Waals surface area contributed by atoms with E-state index >= 15 is 0 Å². The smallest absolute Gasteiger partial charge is 0.251 e. The highest BCUT2D eigenvalue weighted by Gasteiger charge is 2.19. The highest BCUT2D eigenvalue weighted by molar-refractivity contribution is 7.92. The number of benzene rings is 2. The monoisotopic (exact) mass is 390 g/mol. The number of aryl methyl sites for hydroxylation is 1. The van der Waals surface area contributed by atoms with Crippen LogP contribution in [0.15, 0.2) is 42.5 Å². The fourth-order valence-corrected chi connectivity index (χ4v) is 3.14. The van der Waals surface area contributed by atoms with Crippen LogP contribution in [0.25, 0.3) is 0 Å². The second kappa shape index (κ2) is 8.43. The average molecular weight is 391 g/mol. The molecule has 0 aliphatic heterocycles. The Morgan fingerprint density at radius 3 is 2.37 bits per heavy atom. The molecule has 2 rings (SSSR count). The van der Waals surface area contributed by atoms with E-state index in [0.29, 0.717) is 23.4 Å². The first-order valence-electron chi connectivity index (χ1n) is 8.63. The number of amides is 1. The SMILES string of the molecule is Cc1ccc(OC[C@H](C)NC(=O)c2cccc(N(C)S(C)(=O)=O)c2C)cc1. The Labute approximate surface area is 161 Å². The minimum atomic E-state index is -3.40. The molecule has 7 heteroatoms. The lowest BCUT2D eigenvalue weighted by molar-refractivity contribution is 0.0926. The predicted octanol–water partition coefficient (Wildman–Crippen LogP) is 2.90. The zero-order valence-electron chi connectivity index (χ0n) is 16.3. The summed E-state index contributed by atoms with van der Waals surface area (Å²) in [7, 11) is -1.94. The van der Waals surface area contributed by atoms with Gasteiger partial charge in [0.05, 0.1) is 18.0 Å². The Kier molecular flexibility index (Phi) is 6.49. The molecule has 2 aromatic rings. The van der Waals surface area contributed by atoms with Gasteiger partial charge in [-0.15, -0.1) is 0 Å². The van der Waals surface area contributed by atoms with Gasteiger partial charge in [-0.25, -0.2) is 8.42 Å². The van der Waals surface area contributed by atoms with Gasteiger partial charge >= 0.3 is 0 Å². The van der Waals surface area contributed by atoms with Crippen molar-refractivity contribution in [1.82, 2.24) is 5.32 Å². The van der Waals surface area contributed by atoms with Crippen LogP contribution in [0.4, 0.5) is 5.69 Å². The lowest BCUT2D eigenvalue weighted by Gasteiger charge is -2.21. The quantitative estimate of drug-likeness (QED) is 0.789. The van der Waals surface area contributed by atoms with Crippen molar-refractivity contribution in [2.75, 3.05) is 24.2 Å². The van der Waals surface area contributed by atoms with Crippen molar-refractivity contribution in [3.05, 3.63) is 59.2 Å². The lowest BCUT2D eigenvalue weighted by atomic mass is 10.1. The number of anilines is 1. The van der Waals surface area contributed by atoms with E-state index in [0.717, 1.165) is 17.6 Å². The fourth-order valence-electron chi connectivity index (χ4n) is 2.59. The van der Waals surface area contributed by atoms with E-state index in [9.17, 15) is 13.2 Å². The molecule has 0 aliphatic rings. The molecular formula is C20H26N2O4S. The van der Waals surface area contributed by atoms with Gasteiger partial charge in [-0.2, -0.15) is 0 Å². The van der Waals surface area contributed by atoms with Crippen LogP contribution in [-0.4, -0.2) is 40.3 Å². The largest absolute Gasteiger partial charge is 0.491 e. The summed E-state index contributed by atoms with van der Waals surface area (Å²) in [5.74, 6) is 0.478. The number of carbonyl (C=O) groups excluding carboxylic acids is 1. The Bertz CT molecular complexity index is 908. The van der Waals surface area contributed by atoms with Crippen molar-refractivity contribution >= 4 is 21.6 Å². The molecule has 0 aliphatic carbocycles.